The van der Waals surface area contributed by atoms with Gasteiger partial charge in [-0.05, 0) is 55.1 Å². The maximum Gasteiger partial charge on any atom is 0.337 e. The minimum Gasteiger partial charge on any atom is -0.465 e. The van der Waals surface area contributed by atoms with Crippen LogP contribution in [0.15, 0.2) is 64.2 Å². The molecule has 1 aliphatic rings. The summed E-state index contributed by atoms with van der Waals surface area (Å²) in [6.07, 6.45) is 4.92. The Morgan fingerprint density at radius 3 is 2.56 bits per heavy atom. The maximum atomic E-state index is 12.9. The SMILES string of the molecule is COC(=O)c1ccc2[nH]c(=O)n(CCCCN3CC=C(c4ccccc4)CC3)c(=O)c2c1. The molecule has 2 heterocycles. The zero-order chi connectivity index (χ0) is 22.5. The number of nitrogens with zero attached hydrogens (tertiary/aromatic N) is 2. The third-order valence-electron chi connectivity index (χ3n) is 5.95. The number of fused-ring (bicyclic) bond motifs is 1. The van der Waals surface area contributed by atoms with Gasteiger partial charge in [0.1, 0.15) is 0 Å². The van der Waals surface area contributed by atoms with Crippen LogP contribution in [0.5, 0.6) is 0 Å². The largest absolute Gasteiger partial charge is 0.465 e. The van der Waals surface area contributed by atoms with Crippen molar-refractivity contribution in [2.45, 2.75) is 25.8 Å². The maximum absolute atomic E-state index is 12.9. The molecule has 7 heteroatoms. The number of H-pyrrole nitrogens is 1. The molecule has 7 nitrogen and oxygen atoms in total. The van der Waals surface area contributed by atoms with Gasteiger partial charge in [0, 0.05) is 19.6 Å². The van der Waals surface area contributed by atoms with Gasteiger partial charge in [0.25, 0.3) is 5.56 Å². The van der Waals surface area contributed by atoms with Crippen LogP contribution in [0.25, 0.3) is 16.5 Å². The first-order valence-electron chi connectivity index (χ1n) is 10.9. The van der Waals surface area contributed by atoms with E-state index >= 15 is 0 Å². The molecule has 1 aliphatic heterocycles. The van der Waals surface area contributed by atoms with Gasteiger partial charge in [-0.3, -0.25) is 14.3 Å². The van der Waals surface area contributed by atoms with Crippen LogP contribution >= 0.6 is 0 Å². The molecule has 0 saturated carbocycles. The van der Waals surface area contributed by atoms with Crippen molar-refractivity contribution >= 4 is 22.4 Å². The second-order valence-corrected chi connectivity index (χ2v) is 7.99. The molecule has 0 unspecified atom stereocenters. The molecule has 0 saturated heterocycles. The minimum atomic E-state index is -0.518. The Hall–Kier alpha value is -3.45. The summed E-state index contributed by atoms with van der Waals surface area (Å²) in [6, 6.07) is 15.0. The van der Waals surface area contributed by atoms with Crippen LogP contribution in [-0.2, 0) is 11.3 Å². The van der Waals surface area contributed by atoms with Gasteiger partial charge >= 0.3 is 11.7 Å². The zero-order valence-electron chi connectivity index (χ0n) is 18.2. The summed E-state index contributed by atoms with van der Waals surface area (Å²) in [5, 5.41) is 0.308. The van der Waals surface area contributed by atoms with E-state index in [2.05, 4.69) is 40.2 Å². The molecule has 0 bridgehead atoms. The quantitative estimate of drug-likeness (QED) is 0.457. The fourth-order valence-corrected chi connectivity index (χ4v) is 4.13. The van der Waals surface area contributed by atoms with Crippen molar-refractivity contribution in [3.8, 4) is 0 Å². The Morgan fingerprint density at radius 1 is 1.06 bits per heavy atom. The Balaban J connectivity index is 1.36. The van der Waals surface area contributed by atoms with Gasteiger partial charge in [-0.15, -0.1) is 0 Å². The number of methoxy groups -OCH3 is 1. The van der Waals surface area contributed by atoms with E-state index in [4.69, 9.17) is 4.74 Å². The molecule has 0 fully saturated rings. The number of hydrogen-bond donors (Lipinski definition) is 1. The van der Waals surface area contributed by atoms with E-state index in [-0.39, 0.29) is 11.1 Å². The van der Waals surface area contributed by atoms with Gasteiger partial charge in [-0.2, -0.15) is 0 Å². The highest BCUT2D eigenvalue weighted by Crippen LogP contribution is 2.22. The minimum absolute atomic E-state index is 0.281. The topological polar surface area (TPSA) is 84.4 Å². The molecule has 0 amide bonds. The van der Waals surface area contributed by atoms with Crippen LogP contribution in [0.1, 0.15) is 35.2 Å². The summed E-state index contributed by atoms with van der Waals surface area (Å²) in [4.78, 5) is 42.1. The van der Waals surface area contributed by atoms with E-state index in [0.717, 1.165) is 38.9 Å². The van der Waals surface area contributed by atoms with E-state index in [9.17, 15) is 14.4 Å². The van der Waals surface area contributed by atoms with Crippen molar-refractivity contribution in [3.63, 3.8) is 0 Å². The number of unbranched alkanes of at least 4 members (excludes halogenated alkanes) is 1. The van der Waals surface area contributed by atoms with Crippen molar-refractivity contribution < 1.29 is 9.53 Å². The number of hydrogen-bond acceptors (Lipinski definition) is 5. The van der Waals surface area contributed by atoms with Crippen LogP contribution in [-0.4, -0.2) is 47.2 Å². The van der Waals surface area contributed by atoms with Gasteiger partial charge in [-0.1, -0.05) is 36.4 Å². The molecule has 1 N–H and O–H groups in total. The average molecular weight is 434 g/mol. The molecule has 0 aliphatic carbocycles. The highest BCUT2D eigenvalue weighted by molar-refractivity contribution is 5.94. The lowest BCUT2D eigenvalue weighted by Gasteiger charge is -2.26. The highest BCUT2D eigenvalue weighted by Gasteiger charge is 2.14. The molecule has 0 radical (unpaired) electrons. The van der Waals surface area contributed by atoms with Crippen LogP contribution in [0.3, 0.4) is 0 Å². The number of carbonyl (C=O) groups is 1. The standard InChI is InChI=1S/C25H27N3O4/c1-32-24(30)20-9-10-22-21(17-20)23(29)28(25(31)26-22)14-6-5-13-27-15-11-19(12-16-27)18-7-3-2-4-8-18/h2-4,7-11,17H,5-6,12-16H2,1H3,(H,26,31). The van der Waals surface area contributed by atoms with Gasteiger partial charge < -0.3 is 9.72 Å². The molecule has 4 rings (SSSR count). The summed E-state index contributed by atoms with van der Waals surface area (Å²) in [7, 11) is 1.29. The van der Waals surface area contributed by atoms with Gasteiger partial charge in [0.15, 0.2) is 0 Å². The molecular formula is C25H27N3O4. The molecule has 166 valence electrons. The molecule has 3 aromatic rings. The Bertz CT molecular complexity index is 1260. The number of nitrogens with one attached hydrogen (secondary N) is 1. The van der Waals surface area contributed by atoms with Crippen LogP contribution in [0.2, 0.25) is 0 Å². The van der Waals surface area contributed by atoms with Gasteiger partial charge in [0.05, 0.1) is 23.6 Å². The second-order valence-electron chi connectivity index (χ2n) is 7.99. The number of rotatable bonds is 7. The number of esters is 1. The monoisotopic (exact) mass is 433 g/mol. The van der Waals surface area contributed by atoms with E-state index in [1.807, 2.05) is 6.07 Å². The lowest BCUT2D eigenvalue weighted by Crippen LogP contribution is -2.35. The first kappa shape index (κ1) is 21.8. The smallest absolute Gasteiger partial charge is 0.337 e. The number of aromatic nitrogens is 2. The van der Waals surface area contributed by atoms with Crippen molar-refractivity contribution in [2.24, 2.45) is 0 Å². The molecular weight excluding hydrogens is 406 g/mol. The zero-order valence-corrected chi connectivity index (χ0v) is 18.2. The number of aromatic amines is 1. The van der Waals surface area contributed by atoms with Crippen LogP contribution < -0.4 is 11.2 Å². The first-order chi connectivity index (χ1) is 15.6. The van der Waals surface area contributed by atoms with Crippen LogP contribution in [0, 0.1) is 0 Å². The van der Waals surface area contributed by atoms with E-state index in [1.54, 1.807) is 6.07 Å². The van der Waals surface area contributed by atoms with Gasteiger partial charge in [-0.25, -0.2) is 9.59 Å². The molecule has 0 spiro atoms. The summed E-state index contributed by atoms with van der Waals surface area (Å²) < 4.78 is 5.93. The summed E-state index contributed by atoms with van der Waals surface area (Å²) in [5.41, 5.74) is 2.56. The van der Waals surface area contributed by atoms with E-state index in [1.165, 1.54) is 34.9 Å². The first-order valence-corrected chi connectivity index (χ1v) is 10.9. The molecule has 0 atom stereocenters. The second kappa shape index (κ2) is 9.78. The fourth-order valence-electron chi connectivity index (χ4n) is 4.13. The molecule has 2 aromatic carbocycles. The van der Waals surface area contributed by atoms with Crippen molar-refractivity contribution in [3.05, 3.63) is 86.6 Å². The number of ether oxygens (including phenoxy) is 1. The third kappa shape index (κ3) is 4.73. The van der Waals surface area contributed by atoms with Crippen molar-refractivity contribution in [1.29, 1.82) is 0 Å². The lowest BCUT2D eigenvalue weighted by molar-refractivity contribution is 0.0601. The summed E-state index contributed by atoms with van der Waals surface area (Å²) in [5.74, 6) is -0.518. The summed E-state index contributed by atoms with van der Waals surface area (Å²) in [6.45, 7) is 3.18. The lowest BCUT2D eigenvalue weighted by atomic mass is 9.99. The predicted octanol–water partition coefficient (Wildman–Crippen LogP) is 3.05. The van der Waals surface area contributed by atoms with Crippen molar-refractivity contribution in [2.75, 3.05) is 26.7 Å². The molecule has 32 heavy (non-hydrogen) atoms. The molecule has 1 aromatic heterocycles. The Morgan fingerprint density at radius 2 is 1.84 bits per heavy atom. The highest BCUT2D eigenvalue weighted by atomic mass is 16.5. The van der Waals surface area contributed by atoms with Crippen molar-refractivity contribution in [1.82, 2.24) is 14.5 Å². The third-order valence-corrected chi connectivity index (χ3v) is 5.95. The Labute approximate surface area is 185 Å². The van der Waals surface area contributed by atoms with Crippen LogP contribution in [0.4, 0.5) is 0 Å². The number of carbonyl (C=O) groups excluding carboxylic acids is 1. The van der Waals surface area contributed by atoms with E-state index in [0.29, 0.717) is 17.4 Å². The average Bonchev–Trinajstić information content (AvgIpc) is 2.83. The van der Waals surface area contributed by atoms with Gasteiger partial charge in [0.2, 0.25) is 0 Å². The summed E-state index contributed by atoms with van der Waals surface area (Å²) >= 11 is 0. The predicted molar refractivity (Wildman–Crippen MR) is 125 cm³/mol. The normalized spacial score (nSPS) is 14.3. The Kier molecular flexibility index (Phi) is 6.66. The fraction of sp³-hybridized carbons (Fsp3) is 0.320. The number of benzene rings is 2. The van der Waals surface area contributed by atoms with E-state index < -0.39 is 11.7 Å².